The lowest BCUT2D eigenvalue weighted by Gasteiger charge is -2.10. The van der Waals surface area contributed by atoms with E-state index in [4.69, 9.17) is 0 Å². The zero-order valence-corrected chi connectivity index (χ0v) is 12.1. The maximum Gasteiger partial charge on any atom is 0.250 e. The summed E-state index contributed by atoms with van der Waals surface area (Å²) in [6.45, 7) is 1.74. The molecule has 1 atom stereocenters. The van der Waals surface area contributed by atoms with Crippen molar-refractivity contribution in [2.45, 2.75) is 17.2 Å². The lowest BCUT2D eigenvalue weighted by Crippen LogP contribution is -2.26. The van der Waals surface area contributed by atoms with Crippen LogP contribution in [-0.4, -0.2) is 18.4 Å². The molecule has 0 aliphatic rings. The number of nitrogens with zero attached hydrogens (tertiary/aromatic N) is 1. The van der Waals surface area contributed by atoms with Gasteiger partial charge >= 0.3 is 0 Å². The van der Waals surface area contributed by atoms with E-state index in [1.54, 1.807) is 31.5 Å². The van der Waals surface area contributed by atoms with E-state index in [-0.39, 0.29) is 4.21 Å². The van der Waals surface area contributed by atoms with Gasteiger partial charge in [-0.15, -0.1) is 11.3 Å². The molecule has 2 rings (SSSR count). The highest BCUT2D eigenvalue weighted by Gasteiger charge is 2.21. The molecular formula is C9H10BrN3O2S2. The number of sulfonamides is 1. The average molecular weight is 336 g/mol. The molecule has 2 aromatic rings. The molecule has 8 heteroatoms. The Labute approximate surface area is 111 Å². The molecule has 5 nitrogen and oxygen atoms in total. The summed E-state index contributed by atoms with van der Waals surface area (Å²) in [5.41, 5.74) is 0. The minimum absolute atomic E-state index is 0.280. The van der Waals surface area contributed by atoms with Gasteiger partial charge in [-0.25, -0.2) is 18.1 Å². The van der Waals surface area contributed by atoms with Gasteiger partial charge in [0.1, 0.15) is 10.0 Å². The van der Waals surface area contributed by atoms with E-state index in [0.29, 0.717) is 5.82 Å². The molecular weight excluding hydrogens is 326 g/mol. The first kappa shape index (κ1) is 12.7. The van der Waals surface area contributed by atoms with Gasteiger partial charge in [-0.3, -0.25) is 0 Å². The highest BCUT2D eigenvalue weighted by Crippen LogP contribution is 2.26. The number of imidazole rings is 1. The topological polar surface area (TPSA) is 74.8 Å². The molecule has 0 aliphatic carbocycles. The van der Waals surface area contributed by atoms with Crippen molar-refractivity contribution < 1.29 is 8.42 Å². The third-order valence-electron chi connectivity index (χ3n) is 2.07. The highest BCUT2D eigenvalue weighted by molar-refractivity contribution is 9.11. The molecule has 0 saturated heterocycles. The number of H-pyrrole nitrogens is 1. The standard InChI is InChI=1S/C9H10BrN3O2S2/c1-6(9-11-4-5-12-9)13-17(14,15)8-3-2-7(10)16-8/h2-6,13H,1H3,(H,11,12). The third-order valence-corrected chi connectivity index (χ3v) is 5.73. The molecule has 2 aromatic heterocycles. The number of halogens is 1. The van der Waals surface area contributed by atoms with Gasteiger partial charge in [0, 0.05) is 12.4 Å². The SMILES string of the molecule is CC(NS(=O)(=O)c1ccc(Br)s1)c1ncc[nH]1. The molecule has 0 radical (unpaired) electrons. The molecule has 0 amide bonds. The molecule has 0 aromatic carbocycles. The number of aromatic amines is 1. The highest BCUT2D eigenvalue weighted by atomic mass is 79.9. The Morgan fingerprint density at radius 3 is 2.82 bits per heavy atom. The van der Waals surface area contributed by atoms with Crippen molar-refractivity contribution in [1.82, 2.24) is 14.7 Å². The summed E-state index contributed by atoms with van der Waals surface area (Å²) in [4.78, 5) is 6.88. The molecule has 0 saturated carbocycles. The van der Waals surface area contributed by atoms with E-state index in [1.807, 2.05) is 0 Å². The second-order valence-corrected chi connectivity index (χ2v) is 7.78. The summed E-state index contributed by atoms with van der Waals surface area (Å²) in [5, 5.41) is 0. The zero-order chi connectivity index (χ0) is 12.5. The van der Waals surface area contributed by atoms with Gasteiger partial charge in [0.25, 0.3) is 10.0 Å². The van der Waals surface area contributed by atoms with Gasteiger partial charge in [-0.05, 0) is 35.0 Å². The zero-order valence-electron chi connectivity index (χ0n) is 8.84. The summed E-state index contributed by atoms with van der Waals surface area (Å²) in [5.74, 6) is 0.587. The van der Waals surface area contributed by atoms with Crippen LogP contribution in [-0.2, 0) is 10.0 Å². The Balaban J connectivity index is 2.18. The van der Waals surface area contributed by atoms with Crippen LogP contribution in [0, 0.1) is 0 Å². The van der Waals surface area contributed by atoms with Gasteiger partial charge in [0.2, 0.25) is 0 Å². The van der Waals surface area contributed by atoms with E-state index in [9.17, 15) is 8.42 Å². The van der Waals surface area contributed by atoms with Crippen LogP contribution >= 0.6 is 27.3 Å². The van der Waals surface area contributed by atoms with Gasteiger partial charge in [0.05, 0.1) is 9.83 Å². The van der Waals surface area contributed by atoms with Gasteiger partial charge in [0.15, 0.2) is 0 Å². The molecule has 0 spiro atoms. The second kappa shape index (κ2) is 4.89. The fourth-order valence-corrected chi connectivity index (χ4v) is 4.54. The summed E-state index contributed by atoms with van der Waals surface area (Å²) in [6.07, 6.45) is 3.24. The Bertz CT molecular complexity index is 592. The van der Waals surface area contributed by atoms with Crippen molar-refractivity contribution in [2.75, 3.05) is 0 Å². The molecule has 1 unspecified atom stereocenters. The molecule has 17 heavy (non-hydrogen) atoms. The summed E-state index contributed by atoms with van der Waals surface area (Å²) >= 11 is 4.41. The number of rotatable bonds is 4. The van der Waals surface area contributed by atoms with E-state index in [1.165, 1.54) is 11.3 Å². The van der Waals surface area contributed by atoms with Crippen molar-refractivity contribution in [3.63, 3.8) is 0 Å². The second-order valence-electron chi connectivity index (χ2n) is 3.38. The fraction of sp³-hybridized carbons (Fsp3) is 0.222. The van der Waals surface area contributed by atoms with Gasteiger partial charge in [-0.1, -0.05) is 0 Å². The normalized spacial score (nSPS) is 13.8. The van der Waals surface area contributed by atoms with Gasteiger partial charge in [-0.2, -0.15) is 0 Å². The van der Waals surface area contributed by atoms with Crippen molar-refractivity contribution >= 4 is 37.3 Å². The Morgan fingerprint density at radius 2 is 2.29 bits per heavy atom. The summed E-state index contributed by atoms with van der Waals surface area (Å²) in [6, 6.07) is 2.87. The quantitative estimate of drug-likeness (QED) is 0.899. The largest absolute Gasteiger partial charge is 0.347 e. The van der Waals surface area contributed by atoms with Crippen LogP contribution in [0.1, 0.15) is 18.8 Å². The molecule has 0 aliphatic heterocycles. The Hall–Kier alpha value is -0.700. The maximum absolute atomic E-state index is 12.0. The van der Waals surface area contributed by atoms with E-state index in [2.05, 4.69) is 30.6 Å². The van der Waals surface area contributed by atoms with Crippen molar-refractivity contribution in [3.05, 3.63) is 34.1 Å². The van der Waals surface area contributed by atoms with E-state index >= 15 is 0 Å². The Kier molecular flexibility index (Phi) is 3.67. The minimum Gasteiger partial charge on any atom is -0.347 e. The summed E-state index contributed by atoms with van der Waals surface area (Å²) in [7, 11) is -3.49. The Morgan fingerprint density at radius 1 is 1.53 bits per heavy atom. The first-order valence-electron chi connectivity index (χ1n) is 4.76. The lowest BCUT2D eigenvalue weighted by molar-refractivity contribution is 0.563. The predicted octanol–water partition coefficient (Wildman–Crippen LogP) is 2.27. The molecule has 0 fully saturated rings. The molecule has 2 heterocycles. The first-order chi connectivity index (χ1) is 7.99. The molecule has 92 valence electrons. The van der Waals surface area contributed by atoms with Crippen molar-refractivity contribution in [3.8, 4) is 0 Å². The van der Waals surface area contributed by atoms with Crippen LogP contribution in [0.4, 0.5) is 0 Å². The van der Waals surface area contributed by atoms with Crippen LogP contribution in [0.5, 0.6) is 0 Å². The predicted molar refractivity (Wildman–Crippen MR) is 69.3 cm³/mol. The monoisotopic (exact) mass is 335 g/mol. The average Bonchev–Trinajstić information content (AvgIpc) is 2.86. The third kappa shape index (κ3) is 2.95. The van der Waals surface area contributed by atoms with Crippen LogP contribution in [0.25, 0.3) is 0 Å². The summed E-state index contributed by atoms with van der Waals surface area (Å²) < 4.78 is 27.6. The number of hydrogen-bond acceptors (Lipinski definition) is 4. The number of hydrogen-bond donors (Lipinski definition) is 2. The smallest absolute Gasteiger partial charge is 0.250 e. The van der Waals surface area contributed by atoms with Crippen LogP contribution in [0.2, 0.25) is 0 Å². The lowest BCUT2D eigenvalue weighted by atomic mass is 10.3. The van der Waals surface area contributed by atoms with Crippen LogP contribution in [0.3, 0.4) is 0 Å². The number of nitrogens with one attached hydrogen (secondary N) is 2. The molecule has 2 N–H and O–H groups in total. The van der Waals surface area contributed by atoms with E-state index in [0.717, 1.165) is 3.79 Å². The van der Waals surface area contributed by atoms with Crippen LogP contribution in [0.15, 0.2) is 32.5 Å². The van der Waals surface area contributed by atoms with Crippen molar-refractivity contribution in [2.24, 2.45) is 0 Å². The maximum atomic E-state index is 12.0. The first-order valence-corrected chi connectivity index (χ1v) is 7.85. The van der Waals surface area contributed by atoms with Crippen LogP contribution < -0.4 is 4.72 Å². The van der Waals surface area contributed by atoms with E-state index < -0.39 is 16.1 Å². The van der Waals surface area contributed by atoms with Crippen molar-refractivity contribution in [1.29, 1.82) is 0 Å². The molecule has 0 bridgehead atoms. The number of aromatic nitrogens is 2. The minimum atomic E-state index is -3.49. The fourth-order valence-electron chi connectivity index (χ4n) is 1.30. The number of thiophene rings is 1. The van der Waals surface area contributed by atoms with Gasteiger partial charge < -0.3 is 4.98 Å².